The van der Waals surface area contributed by atoms with Crippen molar-refractivity contribution < 1.29 is 19.4 Å². The first-order chi connectivity index (χ1) is 11.9. The van der Waals surface area contributed by atoms with Gasteiger partial charge in [0.25, 0.3) is 5.91 Å². The number of hydrogen-bond acceptors (Lipinski definition) is 8. The Hall–Kier alpha value is -2.86. The Balaban J connectivity index is 1.89. The molecule has 1 amide bonds. The smallest absolute Gasteiger partial charge is 0.324 e. The van der Waals surface area contributed by atoms with Crippen LogP contribution in [0.2, 0.25) is 0 Å². The van der Waals surface area contributed by atoms with E-state index in [1.54, 1.807) is 6.07 Å². The molecule has 0 radical (unpaired) electrons. The molecular weight excluding hydrogens is 420 g/mol. The number of hydrazone groups is 1. The van der Waals surface area contributed by atoms with Crippen molar-refractivity contribution in [2.45, 2.75) is 0 Å². The fourth-order valence-corrected chi connectivity index (χ4v) is 2.65. The number of thiophene rings is 1. The first kappa shape index (κ1) is 18.5. The average molecular weight is 429 g/mol. The second-order valence-electron chi connectivity index (χ2n) is 4.38. The lowest BCUT2D eigenvalue weighted by atomic mass is 10.3. The minimum absolute atomic E-state index is 0.0429. The lowest BCUT2D eigenvalue weighted by molar-refractivity contribution is -0.385. The molecular formula is C13H9BrN4O6S. The van der Waals surface area contributed by atoms with Crippen molar-refractivity contribution >= 4 is 50.1 Å². The van der Waals surface area contributed by atoms with Gasteiger partial charge in [0.05, 0.1) is 20.9 Å². The van der Waals surface area contributed by atoms with Crippen molar-refractivity contribution in [1.82, 2.24) is 5.43 Å². The van der Waals surface area contributed by atoms with E-state index in [0.29, 0.717) is 9.35 Å². The van der Waals surface area contributed by atoms with E-state index in [0.717, 1.165) is 11.3 Å². The van der Waals surface area contributed by atoms with Gasteiger partial charge in [-0.3, -0.25) is 25.0 Å². The van der Waals surface area contributed by atoms with E-state index in [1.165, 1.54) is 30.5 Å². The fourth-order valence-electron chi connectivity index (χ4n) is 1.61. The van der Waals surface area contributed by atoms with Crippen LogP contribution in [-0.2, 0) is 4.79 Å². The number of amides is 1. The van der Waals surface area contributed by atoms with Crippen molar-refractivity contribution in [1.29, 1.82) is 0 Å². The van der Waals surface area contributed by atoms with E-state index in [9.17, 15) is 25.0 Å². The molecule has 10 nitrogen and oxygen atoms in total. The van der Waals surface area contributed by atoms with Crippen molar-refractivity contribution in [3.05, 3.63) is 59.9 Å². The van der Waals surface area contributed by atoms with Crippen molar-refractivity contribution in [2.24, 2.45) is 5.10 Å². The zero-order valence-corrected chi connectivity index (χ0v) is 14.7. The van der Waals surface area contributed by atoms with Gasteiger partial charge in [-0.2, -0.15) is 5.10 Å². The van der Waals surface area contributed by atoms with Gasteiger partial charge in [0, 0.05) is 16.6 Å². The molecule has 2 rings (SSSR count). The van der Waals surface area contributed by atoms with Gasteiger partial charge in [0.15, 0.2) is 12.4 Å². The van der Waals surface area contributed by atoms with E-state index in [4.69, 9.17) is 4.74 Å². The first-order valence-electron chi connectivity index (χ1n) is 6.49. The van der Waals surface area contributed by atoms with Crippen LogP contribution in [0.15, 0.2) is 39.9 Å². The summed E-state index contributed by atoms with van der Waals surface area (Å²) < 4.78 is 5.62. The van der Waals surface area contributed by atoms with E-state index in [2.05, 4.69) is 26.5 Å². The predicted molar refractivity (Wildman–Crippen MR) is 93.0 cm³/mol. The molecule has 0 saturated carbocycles. The molecule has 0 aliphatic rings. The number of carbonyl (C=O) groups excluding carboxylic acids is 1. The number of nitrogens with one attached hydrogen (secondary N) is 1. The Morgan fingerprint density at radius 2 is 2.04 bits per heavy atom. The van der Waals surface area contributed by atoms with Crippen molar-refractivity contribution in [3.63, 3.8) is 0 Å². The number of benzene rings is 1. The molecule has 12 heteroatoms. The zero-order valence-electron chi connectivity index (χ0n) is 12.2. The number of nitro benzene ring substituents is 1. The lowest BCUT2D eigenvalue weighted by Crippen LogP contribution is -2.24. The van der Waals surface area contributed by atoms with Gasteiger partial charge in [-0.15, -0.1) is 0 Å². The van der Waals surface area contributed by atoms with Gasteiger partial charge in [-0.05, 0) is 18.2 Å². The molecule has 0 atom stereocenters. The normalized spacial score (nSPS) is 10.6. The SMILES string of the molecule is O=C(COc1ccc(Br)cc1[N+](=O)[O-])N/N=C/c1ccc([N+](=O)[O-])s1. The summed E-state index contributed by atoms with van der Waals surface area (Å²) in [5.41, 5.74) is 1.88. The van der Waals surface area contributed by atoms with Gasteiger partial charge < -0.3 is 4.74 Å². The van der Waals surface area contributed by atoms with Crippen LogP contribution in [-0.4, -0.2) is 28.6 Å². The van der Waals surface area contributed by atoms with Gasteiger partial charge in [-0.1, -0.05) is 27.3 Å². The van der Waals surface area contributed by atoms with Crippen LogP contribution < -0.4 is 10.2 Å². The summed E-state index contributed by atoms with van der Waals surface area (Å²) in [6.07, 6.45) is 1.25. The predicted octanol–water partition coefficient (Wildman–Crippen LogP) is 2.86. The molecule has 1 aromatic carbocycles. The molecule has 25 heavy (non-hydrogen) atoms. The van der Waals surface area contributed by atoms with Crippen LogP contribution in [0.5, 0.6) is 5.75 Å². The van der Waals surface area contributed by atoms with Crippen LogP contribution in [0.25, 0.3) is 0 Å². The van der Waals surface area contributed by atoms with Gasteiger partial charge in [0.2, 0.25) is 0 Å². The van der Waals surface area contributed by atoms with Crippen LogP contribution in [0.4, 0.5) is 10.7 Å². The van der Waals surface area contributed by atoms with Crippen LogP contribution >= 0.6 is 27.3 Å². The average Bonchev–Trinajstić information content (AvgIpc) is 3.02. The van der Waals surface area contributed by atoms with Crippen LogP contribution in [0, 0.1) is 20.2 Å². The number of rotatable bonds is 7. The molecule has 0 aliphatic heterocycles. The van der Waals surface area contributed by atoms with E-state index < -0.39 is 22.4 Å². The van der Waals surface area contributed by atoms with E-state index >= 15 is 0 Å². The maximum atomic E-state index is 11.6. The van der Waals surface area contributed by atoms with E-state index in [-0.39, 0.29) is 16.4 Å². The maximum Gasteiger partial charge on any atom is 0.324 e. The topological polar surface area (TPSA) is 137 Å². The highest BCUT2D eigenvalue weighted by Gasteiger charge is 2.16. The third-order valence-electron chi connectivity index (χ3n) is 2.65. The third-order valence-corrected chi connectivity index (χ3v) is 4.11. The van der Waals surface area contributed by atoms with Gasteiger partial charge in [-0.25, -0.2) is 5.43 Å². The molecule has 1 N–H and O–H groups in total. The highest BCUT2D eigenvalue weighted by molar-refractivity contribution is 9.10. The van der Waals surface area contributed by atoms with Crippen LogP contribution in [0.1, 0.15) is 4.88 Å². The molecule has 2 aromatic rings. The standard InChI is InChI=1S/C13H9BrN4O6S/c14-8-1-3-11(10(5-8)17(20)21)24-7-12(19)16-15-6-9-2-4-13(25-9)18(22)23/h1-6H,7H2,(H,16,19)/b15-6+. The lowest BCUT2D eigenvalue weighted by Gasteiger charge is -2.05. The summed E-state index contributed by atoms with van der Waals surface area (Å²) in [6, 6.07) is 6.98. The maximum absolute atomic E-state index is 11.6. The summed E-state index contributed by atoms with van der Waals surface area (Å²) in [5, 5.41) is 25.1. The Labute approximate surface area is 152 Å². The van der Waals surface area contributed by atoms with Crippen LogP contribution in [0.3, 0.4) is 0 Å². The summed E-state index contributed by atoms with van der Waals surface area (Å²) >= 11 is 4.01. The molecule has 0 aliphatic carbocycles. The number of nitrogens with zero attached hydrogens (tertiary/aromatic N) is 3. The molecule has 0 bridgehead atoms. The van der Waals surface area contributed by atoms with E-state index in [1.807, 2.05) is 0 Å². The molecule has 0 saturated heterocycles. The highest BCUT2D eigenvalue weighted by Crippen LogP contribution is 2.29. The molecule has 130 valence electrons. The highest BCUT2D eigenvalue weighted by atomic mass is 79.9. The summed E-state index contributed by atoms with van der Waals surface area (Å²) in [6.45, 7) is -0.482. The molecule has 1 aromatic heterocycles. The second-order valence-corrected chi connectivity index (χ2v) is 6.39. The molecule has 1 heterocycles. The summed E-state index contributed by atoms with van der Waals surface area (Å²) in [4.78, 5) is 32.4. The number of ether oxygens (including phenoxy) is 1. The largest absolute Gasteiger partial charge is 0.477 e. The Kier molecular flexibility index (Phi) is 6.14. The Morgan fingerprint density at radius 1 is 1.28 bits per heavy atom. The van der Waals surface area contributed by atoms with Crippen molar-refractivity contribution in [3.8, 4) is 5.75 Å². The molecule has 0 spiro atoms. The first-order valence-corrected chi connectivity index (χ1v) is 8.10. The monoisotopic (exact) mass is 428 g/mol. The number of halogens is 1. The number of nitro groups is 2. The Bertz CT molecular complexity index is 853. The fraction of sp³-hybridized carbons (Fsp3) is 0.0769. The molecule has 0 unspecified atom stereocenters. The summed E-state index contributed by atoms with van der Waals surface area (Å²) in [7, 11) is 0. The second kappa shape index (κ2) is 8.30. The Morgan fingerprint density at radius 3 is 2.68 bits per heavy atom. The van der Waals surface area contributed by atoms with Gasteiger partial charge in [0.1, 0.15) is 0 Å². The third kappa shape index (κ3) is 5.32. The number of carbonyl (C=O) groups is 1. The quantitative estimate of drug-likeness (QED) is 0.408. The van der Waals surface area contributed by atoms with Crippen molar-refractivity contribution in [2.75, 3.05) is 6.61 Å². The minimum Gasteiger partial charge on any atom is -0.477 e. The zero-order chi connectivity index (χ0) is 18.4. The summed E-state index contributed by atoms with van der Waals surface area (Å²) in [5.74, 6) is -0.694. The molecule has 0 fully saturated rings. The minimum atomic E-state index is -0.639. The van der Waals surface area contributed by atoms with Gasteiger partial charge >= 0.3 is 10.7 Å². The number of hydrogen-bond donors (Lipinski definition) is 1.